The van der Waals surface area contributed by atoms with Crippen molar-refractivity contribution in [2.45, 2.75) is 19.3 Å². The summed E-state index contributed by atoms with van der Waals surface area (Å²) in [5.41, 5.74) is 0.566. The summed E-state index contributed by atoms with van der Waals surface area (Å²) in [5.74, 6) is 0.0614. The average molecular weight is 335 g/mol. The van der Waals surface area contributed by atoms with Crippen molar-refractivity contribution < 1.29 is 9.18 Å². The molecule has 24 heavy (non-hydrogen) atoms. The van der Waals surface area contributed by atoms with Crippen LogP contribution in [-0.4, -0.2) is 56.5 Å². The highest BCUT2D eigenvalue weighted by Gasteiger charge is 2.09. The highest BCUT2D eigenvalue weighted by molar-refractivity contribution is 5.94. The fourth-order valence-electron chi connectivity index (χ4n) is 2.64. The molecular formula is C17H26FN5O. The highest BCUT2D eigenvalue weighted by Crippen LogP contribution is 2.08. The molecule has 1 aliphatic heterocycles. The molecule has 1 aliphatic rings. The lowest BCUT2D eigenvalue weighted by Gasteiger charge is -2.26. The number of likely N-dealkylation sites (tertiary alicyclic amines) is 1. The first-order chi connectivity index (χ1) is 11.7. The Morgan fingerprint density at radius 3 is 2.54 bits per heavy atom. The summed E-state index contributed by atoms with van der Waals surface area (Å²) in [4.78, 5) is 18.4. The molecule has 3 N–H and O–H groups in total. The molecule has 6 nitrogen and oxygen atoms in total. The minimum Gasteiger partial charge on any atom is -0.355 e. The molecule has 2 rings (SSSR count). The number of nitrogens with zero attached hydrogens (tertiary/aromatic N) is 2. The number of carbonyl (C=O) groups is 1. The number of anilines is 1. The Balaban J connectivity index is 1.64. The van der Waals surface area contributed by atoms with Crippen molar-refractivity contribution >= 4 is 17.6 Å². The van der Waals surface area contributed by atoms with Crippen LogP contribution in [0, 0.1) is 5.82 Å². The maximum absolute atomic E-state index is 12.8. The molecule has 0 saturated carbocycles. The Morgan fingerprint density at radius 2 is 1.88 bits per heavy atom. The van der Waals surface area contributed by atoms with Crippen LogP contribution in [0.15, 0.2) is 29.3 Å². The molecule has 1 saturated heterocycles. The van der Waals surface area contributed by atoms with Crippen LogP contribution in [0.4, 0.5) is 10.1 Å². The van der Waals surface area contributed by atoms with E-state index in [2.05, 4.69) is 25.8 Å². The first-order valence-electron chi connectivity index (χ1n) is 8.39. The quantitative estimate of drug-likeness (QED) is 0.543. The zero-order valence-corrected chi connectivity index (χ0v) is 14.1. The summed E-state index contributed by atoms with van der Waals surface area (Å²) >= 11 is 0. The van der Waals surface area contributed by atoms with Gasteiger partial charge in [-0.25, -0.2) is 4.39 Å². The van der Waals surface area contributed by atoms with Crippen molar-refractivity contribution in [2.24, 2.45) is 4.99 Å². The van der Waals surface area contributed by atoms with Gasteiger partial charge in [0, 0.05) is 25.8 Å². The number of guanidine groups is 1. The average Bonchev–Trinajstić information content (AvgIpc) is 2.61. The molecule has 132 valence electrons. The van der Waals surface area contributed by atoms with Crippen molar-refractivity contribution in [3.63, 3.8) is 0 Å². The Bertz CT molecular complexity index is 540. The molecule has 0 aliphatic carbocycles. The van der Waals surface area contributed by atoms with Gasteiger partial charge in [-0.3, -0.25) is 9.79 Å². The summed E-state index contributed by atoms with van der Waals surface area (Å²) in [6.07, 6.45) is 3.88. The molecular weight excluding hydrogens is 309 g/mol. The van der Waals surface area contributed by atoms with Gasteiger partial charge < -0.3 is 20.9 Å². The van der Waals surface area contributed by atoms with Crippen molar-refractivity contribution in [3.05, 3.63) is 30.1 Å². The second kappa shape index (κ2) is 9.87. The van der Waals surface area contributed by atoms with Gasteiger partial charge in [0.15, 0.2) is 5.96 Å². The summed E-state index contributed by atoms with van der Waals surface area (Å²) in [7, 11) is 1.67. The lowest BCUT2D eigenvalue weighted by atomic mass is 10.1. The van der Waals surface area contributed by atoms with Crippen molar-refractivity contribution in [1.29, 1.82) is 0 Å². The number of halogens is 1. The Morgan fingerprint density at radius 1 is 1.17 bits per heavy atom. The Hall–Kier alpha value is -2.15. The molecule has 0 atom stereocenters. The zero-order chi connectivity index (χ0) is 17.2. The monoisotopic (exact) mass is 335 g/mol. The van der Waals surface area contributed by atoms with Crippen LogP contribution >= 0.6 is 0 Å². The van der Waals surface area contributed by atoms with E-state index in [-0.39, 0.29) is 18.3 Å². The summed E-state index contributed by atoms with van der Waals surface area (Å²) in [6, 6.07) is 5.67. The standard InChI is InChI=1S/C17H26FN5O/c1-19-17(20-9-12-23-10-3-2-4-11-23)21-13-16(24)22-15-7-5-14(18)6-8-15/h5-8H,2-4,9-13H2,1H3,(H,22,24)(H2,19,20,21). The van der Waals surface area contributed by atoms with E-state index in [0.717, 1.165) is 26.2 Å². The highest BCUT2D eigenvalue weighted by atomic mass is 19.1. The van der Waals surface area contributed by atoms with E-state index in [4.69, 9.17) is 0 Å². The Labute approximate surface area is 142 Å². The summed E-state index contributed by atoms with van der Waals surface area (Å²) in [5, 5.41) is 8.88. The van der Waals surface area contributed by atoms with Gasteiger partial charge in [-0.15, -0.1) is 0 Å². The van der Waals surface area contributed by atoms with E-state index >= 15 is 0 Å². The minimum absolute atomic E-state index is 0.0980. The first-order valence-corrected chi connectivity index (χ1v) is 8.39. The molecule has 1 aromatic carbocycles. The minimum atomic E-state index is -0.329. The van der Waals surface area contributed by atoms with Gasteiger partial charge in [-0.1, -0.05) is 6.42 Å². The van der Waals surface area contributed by atoms with Gasteiger partial charge in [0.05, 0.1) is 6.54 Å². The third-order valence-electron chi connectivity index (χ3n) is 3.94. The maximum Gasteiger partial charge on any atom is 0.243 e. The predicted molar refractivity (Wildman–Crippen MR) is 94.7 cm³/mol. The van der Waals surface area contributed by atoms with E-state index in [1.54, 1.807) is 7.05 Å². The fraction of sp³-hybridized carbons (Fsp3) is 0.529. The topological polar surface area (TPSA) is 68.8 Å². The number of hydrogen-bond acceptors (Lipinski definition) is 3. The van der Waals surface area contributed by atoms with Crippen LogP contribution in [0.2, 0.25) is 0 Å². The molecule has 1 amide bonds. The lowest BCUT2D eigenvalue weighted by Crippen LogP contribution is -2.44. The maximum atomic E-state index is 12.8. The molecule has 0 unspecified atom stereocenters. The van der Waals surface area contributed by atoms with Gasteiger partial charge in [0.25, 0.3) is 0 Å². The lowest BCUT2D eigenvalue weighted by molar-refractivity contribution is -0.115. The smallest absolute Gasteiger partial charge is 0.243 e. The van der Waals surface area contributed by atoms with Crippen LogP contribution in [0.5, 0.6) is 0 Å². The zero-order valence-electron chi connectivity index (χ0n) is 14.1. The number of rotatable bonds is 6. The van der Waals surface area contributed by atoms with Crippen molar-refractivity contribution in [1.82, 2.24) is 15.5 Å². The van der Waals surface area contributed by atoms with Crippen LogP contribution in [0.25, 0.3) is 0 Å². The number of nitrogens with one attached hydrogen (secondary N) is 3. The van der Waals surface area contributed by atoms with Gasteiger partial charge in [-0.2, -0.15) is 0 Å². The van der Waals surface area contributed by atoms with Crippen LogP contribution in [-0.2, 0) is 4.79 Å². The van der Waals surface area contributed by atoms with Gasteiger partial charge in [0.2, 0.25) is 5.91 Å². The third kappa shape index (κ3) is 6.54. The number of hydrogen-bond donors (Lipinski definition) is 3. The first kappa shape index (κ1) is 18.2. The number of amides is 1. The molecule has 0 bridgehead atoms. The van der Waals surface area contributed by atoms with E-state index in [1.807, 2.05) is 0 Å². The predicted octanol–water partition coefficient (Wildman–Crippen LogP) is 1.42. The fourth-order valence-corrected chi connectivity index (χ4v) is 2.64. The van der Waals surface area contributed by atoms with E-state index < -0.39 is 0 Å². The van der Waals surface area contributed by atoms with Crippen molar-refractivity contribution in [2.75, 3.05) is 45.1 Å². The second-order valence-electron chi connectivity index (χ2n) is 5.81. The molecule has 0 spiro atoms. The molecule has 1 aromatic rings. The SMILES string of the molecule is CN=C(NCCN1CCCCC1)NCC(=O)Nc1ccc(F)cc1. The second-order valence-corrected chi connectivity index (χ2v) is 5.81. The number of piperidine rings is 1. The van der Waals surface area contributed by atoms with E-state index in [1.165, 1.54) is 43.5 Å². The van der Waals surface area contributed by atoms with Crippen LogP contribution < -0.4 is 16.0 Å². The number of aliphatic imine (C=N–C) groups is 1. The van der Waals surface area contributed by atoms with E-state index in [9.17, 15) is 9.18 Å². The van der Waals surface area contributed by atoms with Gasteiger partial charge >= 0.3 is 0 Å². The van der Waals surface area contributed by atoms with Gasteiger partial charge in [0.1, 0.15) is 5.82 Å². The van der Waals surface area contributed by atoms with E-state index in [0.29, 0.717) is 11.6 Å². The molecule has 0 radical (unpaired) electrons. The molecule has 7 heteroatoms. The molecule has 0 aromatic heterocycles. The third-order valence-corrected chi connectivity index (χ3v) is 3.94. The van der Waals surface area contributed by atoms with Crippen LogP contribution in [0.1, 0.15) is 19.3 Å². The number of carbonyl (C=O) groups excluding carboxylic acids is 1. The van der Waals surface area contributed by atoms with Crippen molar-refractivity contribution in [3.8, 4) is 0 Å². The largest absolute Gasteiger partial charge is 0.355 e. The van der Waals surface area contributed by atoms with Gasteiger partial charge in [-0.05, 0) is 50.2 Å². The Kier molecular flexibility index (Phi) is 7.48. The summed E-state index contributed by atoms with van der Waals surface area (Å²) in [6.45, 7) is 4.18. The number of benzene rings is 1. The summed E-state index contributed by atoms with van der Waals surface area (Å²) < 4.78 is 12.8. The molecule has 1 heterocycles. The molecule has 1 fully saturated rings. The normalized spacial score (nSPS) is 15.8. The van der Waals surface area contributed by atoms with Crippen LogP contribution in [0.3, 0.4) is 0 Å².